The quantitative estimate of drug-likeness (QED) is 0.529. The number of halogens is 2. The highest BCUT2D eigenvalue weighted by atomic mass is 35.5. The van der Waals surface area contributed by atoms with E-state index in [2.05, 4.69) is 15.5 Å². The van der Waals surface area contributed by atoms with Crippen molar-refractivity contribution in [1.29, 1.82) is 0 Å². The van der Waals surface area contributed by atoms with Crippen LogP contribution in [0.3, 0.4) is 0 Å². The minimum Gasteiger partial charge on any atom is -0.358 e. The predicted octanol–water partition coefficient (Wildman–Crippen LogP) is 2.70. The molecule has 1 fully saturated rings. The molecule has 35 heavy (non-hydrogen) atoms. The molecule has 3 aromatic rings. The number of pyridine rings is 1. The van der Waals surface area contributed by atoms with Gasteiger partial charge >= 0.3 is 11.8 Å². The number of amides is 3. The van der Waals surface area contributed by atoms with Gasteiger partial charge in [0.05, 0.1) is 22.9 Å². The fourth-order valence-electron chi connectivity index (χ4n) is 4.07. The molecule has 12 heteroatoms. The number of aromatic nitrogens is 2. The Hall–Kier alpha value is -3.73. The Labute approximate surface area is 204 Å². The fourth-order valence-corrected chi connectivity index (χ4v) is 4.26. The number of anilines is 1. The molecular weight excluding hydrogens is 481 g/mol. The SMILES string of the molecule is CC(C)C(=O)N1C[C@H](c2ccc(F)c(Cl)c2)N(C(=O)C(=O)Nc2cnc3o[nH]c(=O)c3c2)C[C@H]1C. The molecule has 0 aliphatic carbocycles. The Balaban J connectivity index is 1.63. The zero-order valence-electron chi connectivity index (χ0n) is 19.2. The third-order valence-corrected chi connectivity index (χ3v) is 6.18. The highest BCUT2D eigenvalue weighted by Crippen LogP contribution is 2.31. The summed E-state index contributed by atoms with van der Waals surface area (Å²) in [6.07, 6.45) is 1.25. The Morgan fingerprint density at radius 2 is 1.97 bits per heavy atom. The molecule has 0 radical (unpaired) electrons. The van der Waals surface area contributed by atoms with E-state index in [0.717, 1.165) is 0 Å². The van der Waals surface area contributed by atoms with Gasteiger partial charge in [-0.05, 0) is 30.7 Å². The highest BCUT2D eigenvalue weighted by Gasteiger charge is 2.40. The minimum atomic E-state index is -0.958. The monoisotopic (exact) mass is 503 g/mol. The number of nitrogens with one attached hydrogen (secondary N) is 2. The lowest BCUT2D eigenvalue weighted by atomic mass is 9.98. The maximum absolute atomic E-state index is 13.8. The molecule has 0 saturated carbocycles. The Morgan fingerprint density at radius 3 is 2.66 bits per heavy atom. The molecule has 3 heterocycles. The van der Waals surface area contributed by atoms with Crippen molar-refractivity contribution in [3.8, 4) is 0 Å². The number of H-pyrrole nitrogens is 1. The van der Waals surface area contributed by atoms with Crippen LogP contribution in [0.15, 0.2) is 39.8 Å². The first-order valence-electron chi connectivity index (χ1n) is 10.9. The second kappa shape index (κ2) is 9.49. The maximum Gasteiger partial charge on any atom is 0.313 e. The Kier molecular flexibility index (Phi) is 6.62. The normalized spacial score (nSPS) is 18.2. The van der Waals surface area contributed by atoms with Crippen molar-refractivity contribution in [3.05, 3.63) is 57.2 Å². The van der Waals surface area contributed by atoms with Crippen molar-refractivity contribution in [2.75, 3.05) is 18.4 Å². The first-order valence-corrected chi connectivity index (χ1v) is 11.3. The third-order valence-electron chi connectivity index (χ3n) is 5.89. The molecule has 10 nitrogen and oxygen atoms in total. The van der Waals surface area contributed by atoms with E-state index in [4.69, 9.17) is 16.1 Å². The van der Waals surface area contributed by atoms with Crippen LogP contribution < -0.4 is 10.9 Å². The average Bonchev–Trinajstić information content (AvgIpc) is 3.19. The van der Waals surface area contributed by atoms with Gasteiger partial charge in [-0.3, -0.25) is 19.2 Å². The number of rotatable bonds is 3. The van der Waals surface area contributed by atoms with E-state index < -0.39 is 29.2 Å². The average molecular weight is 504 g/mol. The van der Waals surface area contributed by atoms with E-state index in [1.54, 1.807) is 25.7 Å². The number of benzene rings is 1. The summed E-state index contributed by atoms with van der Waals surface area (Å²) in [4.78, 5) is 57.6. The van der Waals surface area contributed by atoms with Crippen molar-refractivity contribution in [1.82, 2.24) is 19.9 Å². The summed E-state index contributed by atoms with van der Waals surface area (Å²) in [6.45, 7) is 5.52. The van der Waals surface area contributed by atoms with Crippen molar-refractivity contribution in [2.24, 2.45) is 5.92 Å². The van der Waals surface area contributed by atoms with Crippen LogP contribution in [0.2, 0.25) is 5.02 Å². The van der Waals surface area contributed by atoms with Gasteiger partial charge in [0, 0.05) is 25.0 Å². The summed E-state index contributed by atoms with van der Waals surface area (Å²) in [5, 5.41) is 4.57. The molecule has 4 rings (SSSR count). The van der Waals surface area contributed by atoms with Crippen molar-refractivity contribution < 1.29 is 23.3 Å². The third kappa shape index (κ3) is 4.76. The zero-order chi connectivity index (χ0) is 25.4. The molecule has 1 aliphatic rings. The lowest BCUT2D eigenvalue weighted by molar-refractivity contribution is -0.152. The summed E-state index contributed by atoms with van der Waals surface area (Å²) < 4.78 is 18.7. The van der Waals surface area contributed by atoms with E-state index in [0.29, 0.717) is 5.56 Å². The van der Waals surface area contributed by atoms with Gasteiger partial charge in [0.25, 0.3) is 11.3 Å². The van der Waals surface area contributed by atoms with Crippen LogP contribution in [0.1, 0.15) is 32.4 Å². The number of nitrogens with zero attached hydrogens (tertiary/aromatic N) is 3. The topological polar surface area (TPSA) is 129 Å². The van der Waals surface area contributed by atoms with Crippen LogP contribution in [-0.4, -0.2) is 56.8 Å². The van der Waals surface area contributed by atoms with Crippen LogP contribution >= 0.6 is 11.6 Å². The van der Waals surface area contributed by atoms with Crippen LogP contribution in [0.5, 0.6) is 0 Å². The van der Waals surface area contributed by atoms with E-state index in [-0.39, 0.29) is 52.8 Å². The van der Waals surface area contributed by atoms with Crippen LogP contribution in [0.4, 0.5) is 10.1 Å². The molecule has 1 saturated heterocycles. The smallest absolute Gasteiger partial charge is 0.313 e. The summed E-state index contributed by atoms with van der Waals surface area (Å²) >= 11 is 5.98. The number of fused-ring (bicyclic) bond motifs is 1. The van der Waals surface area contributed by atoms with Gasteiger partial charge in [-0.15, -0.1) is 0 Å². The molecule has 184 valence electrons. The number of carbonyl (C=O) groups is 3. The maximum atomic E-state index is 13.8. The Bertz CT molecular complexity index is 1370. The lowest BCUT2D eigenvalue weighted by Gasteiger charge is -2.45. The van der Waals surface area contributed by atoms with Gasteiger partial charge in [0.2, 0.25) is 5.91 Å². The van der Waals surface area contributed by atoms with Crippen LogP contribution in [0, 0.1) is 11.7 Å². The fraction of sp³-hybridized carbons (Fsp3) is 0.348. The minimum absolute atomic E-state index is 0.0624. The molecule has 1 aliphatic heterocycles. The molecule has 2 N–H and O–H groups in total. The van der Waals surface area contributed by atoms with E-state index in [1.807, 2.05) is 0 Å². The second-order valence-electron chi connectivity index (χ2n) is 8.71. The van der Waals surface area contributed by atoms with Gasteiger partial charge in [0.15, 0.2) is 0 Å². The van der Waals surface area contributed by atoms with Gasteiger partial charge < -0.3 is 19.6 Å². The molecule has 2 aromatic heterocycles. The van der Waals surface area contributed by atoms with Gasteiger partial charge in [-0.25, -0.2) is 9.37 Å². The predicted molar refractivity (Wildman–Crippen MR) is 125 cm³/mol. The number of carbonyl (C=O) groups excluding carboxylic acids is 3. The standard InChI is InChI=1S/C23H23ClFN5O5/c1-11(2)22(33)29-10-18(13-4-5-17(25)16(24)6-13)30(9-12(29)3)23(34)20(32)27-14-7-15-19(31)28-35-21(15)26-8-14/h4-8,11-12,18H,9-10H2,1-3H3,(H,27,32)(H,28,31)/t12-,18-/m1/s1. The second-order valence-corrected chi connectivity index (χ2v) is 9.11. The van der Waals surface area contributed by atoms with Crippen LogP contribution in [-0.2, 0) is 14.4 Å². The largest absolute Gasteiger partial charge is 0.358 e. The molecule has 0 unspecified atom stereocenters. The number of hydrogen-bond acceptors (Lipinski definition) is 6. The van der Waals surface area contributed by atoms with Crippen molar-refractivity contribution in [2.45, 2.75) is 32.9 Å². The molecule has 0 spiro atoms. The van der Waals surface area contributed by atoms with Gasteiger partial charge in [-0.1, -0.05) is 31.5 Å². The van der Waals surface area contributed by atoms with E-state index in [9.17, 15) is 23.6 Å². The summed E-state index contributed by atoms with van der Waals surface area (Å²) in [6, 6.07) is 4.28. The summed E-state index contributed by atoms with van der Waals surface area (Å²) in [5.74, 6) is -2.81. The number of aromatic amines is 1. The Morgan fingerprint density at radius 1 is 1.23 bits per heavy atom. The lowest BCUT2D eigenvalue weighted by Crippen LogP contribution is -2.59. The van der Waals surface area contributed by atoms with Crippen molar-refractivity contribution in [3.63, 3.8) is 0 Å². The van der Waals surface area contributed by atoms with Crippen molar-refractivity contribution >= 4 is 46.1 Å². The number of hydrogen-bond donors (Lipinski definition) is 2. The highest BCUT2D eigenvalue weighted by molar-refractivity contribution is 6.39. The molecule has 1 aromatic carbocycles. The van der Waals surface area contributed by atoms with Crippen LogP contribution in [0.25, 0.3) is 11.1 Å². The zero-order valence-corrected chi connectivity index (χ0v) is 19.9. The van der Waals surface area contributed by atoms with Gasteiger partial charge in [-0.2, -0.15) is 5.16 Å². The van der Waals surface area contributed by atoms with Gasteiger partial charge in [0.1, 0.15) is 11.2 Å². The molecular formula is C23H23ClFN5O5. The first-order chi connectivity index (χ1) is 16.6. The number of piperazine rings is 1. The molecule has 0 bridgehead atoms. The van der Waals surface area contributed by atoms with E-state index in [1.165, 1.54) is 35.4 Å². The summed E-state index contributed by atoms with van der Waals surface area (Å²) in [7, 11) is 0. The summed E-state index contributed by atoms with van der Waals surface area (Å²) in [5.41, 5.74) is 0.153. The molecule has 3 amide bonds. The van der Waals surface area contributed by atoms with E-state index >= 15 is 0 Å². The molecule has 2 atom stereocenters. The first kappa shape index (κ1) is 24.4.